The molecule has 0 spiro atoms. The fourth-order valence-corrected chi connectivity index (χ4v) is 1.71. The molecule has 0 aromatic heterocycles. The fourth-order valence-electron chi connectivity index (χ4n) is 1.71. The molecule has 64 valence electrons. The van der Waals surface area contributed by atoms with Gasteiger partial charge in [0.2, 0.25) is 0 Å². The van der Waals surface area contributed by atoms with Crippen LogP contribution in [0.5, 0.6) is 0 Å². The van der Waals surface area contributed by atoms with E-state index in [9.17, 15) is 5.11 Å². The predicted octanol–water partition coefficient (Wildman–Crippen LogP) is 2.50. The highest BCUT2D eigenvalue weighted by Gasteiger charge is 2.17. The number of rotatable bonds is 2. The lowest BCUT2D eigenvalue weighted by atomic mass is 9.85. The largest absolute Gasteiger partial charge is 0.393 e. The Morgan fingerprint density at radius 2 is 1.91 bits per heavy atom. The summed E-state index contributed by atoms with van der Waals surface area (Å²) in [6, 6.07) is 0. The minimum atomic E-state index is -0.00291. The summed E-state index contributed by atoms with van der Waals surface area (Å²) in [5.41, 5.74) is 0. The van der Waals surface area contributed by atoms with Crippen molar-refractivity contribution in [2.45, 2.75) is 45.1 Å². The lowest BCUT2D eigenvalue weighted by Crippen LogP contribution is -2.17. The van der Waals surface area contributed by atoms with Crippen molar-refractivity contribution in [2.75, 3.05) is 0 Å². The maximum absolute atomic E-state index is 9.23. The maximum atomic E-state index is 9.23. The summed E-state index contributed by atoms with van der Waals surface area (Å²) in [7, 11) is 0. The van der Waals surface area contributed by atoms with Crippen LogP contribution in [0.1, 0.15) is 39.0 Å². The monoisotopic (exact) mass is 154 g/mol. The first-order valence-corrected chi connectivity index (χ1v) is 4.62. The van der Waals surface area contributed by atoms with Gasteiger partial charge >= 0.3 is 0 Å². The lowest BCUT2D eigenvalue weighted by molar-refractivity contribution is 0.109. The summed E-state index contributed by atoms with van der Waals surface area (Å²) in [5.74, 6) is 0.842. The van der Waals surface area contributed by atoms with E-state index < -0.39 is 0 Å². The molecule has 0 saturated heterocycles. The minimum Gasteiger partial charge on any atom is -0.393 e. The van der Waals surface area contributed by atoms with Crippen molar-refractivity contribution < 1.29 is 5.11 Å². The van der Waals surface area contributed by atoms with Crippen molar-refractivity contribution in [3.05, 3.63) is 12.2 Å². The van der Waals surface area contributed by atoms with Crippen LogP contribution < -0.4 is 0 Å². The molecule has 1 rings (SSSR count). The van der Waals surface area contributed by atoms with E-state index in [1.54, 1.807) is 0 Å². The first-order chi connectivity index (χ1) is 5.33. The Morgan fingerprint density at radius 1 is 1.27 bits per heavy atom. The Bertz CT molecular complexity index is 121. The van der Waals surface area contributed by atoms with E-state index in [-0.39, 0.29) is 6.10 Å². The third-order valence-corrected chi connectivity index (χ3v) is 2.52. The van der Waals surface area contributed by atoms with E-state index in [1.807, 2.05) is 0 Å². The van der Waals surface area contributed by atoms with Crippen molar-refractivity contribution >= 4 is 0 Å². The van der Waals surface area contributed by atoms with Gasteiger partial charge in [-0.25, -0.2) is 0 Å². The second-order valence-corrected chi connectivity index (χ2v) is 3.48. The van der Waals surface area contributed by atoms with E-state index in [0.29, 0.717) is 0 Å². The Morgan fingerprint density at radius 3 is 2.45 bits per heavy atom. The highest BCUT2D eigenvalue weighted by atomic mass is 16.3. The summed E-state index contributed by atoms with van der Waals surface area (Å²) in [6.45, 7) is 2.07. The van der Waals surface area contributed by atoms with Gasteiger partial charge in [-0.15, -0.1) is 0 Å². The van der Waals surface area contributed by atoms with Crippen molar-refractivity contribution in [1.82, 2.24) is 0 Å². The van der Waals surface area contributed by atoms with Crippen molar-refractivity contribution in [1.29, 1.82) is 0 Å². The van der Waals surface area contributed by atoms with Crippen LogP contribution in [0, 0.1) is 5.92 Å². The third-order valence-electron chi connectivity index (χ3n) is 2.52. The molecule has 0 aromatic rings. The Kier molecular flexibility index (Phi) is 3.64. The molecular weight excluding hydrogens is 136 g/mol. The summed E-state index contributed by atoms with van der Waals surface area (Å²) in [5, 5.41) is 9.23. The third kappa shape index (κ3) is 3.06. The van der Waals surface area contributed by atoms with Gasteiger partial charge in [0.1, 0.15) is 0 Å². The molecule has 0 aliphatic heterocycles. The van der Waals surface area contributed by atoms with Crippen LogP contribution >= 0.6 is 0 Å². The summed E-state index contributed by atoms with van der Waals surface area (Å²) < 4.78 is 0. The molecule has 1 N–H and O–H groups in total. The zero-order valence-electron chi connectivity index (χ0n) is 7.29. The van der Waals surface area contributed by atoms with E-state index in [4.69, 9.17) is 0 Å². The van der Waals surface area contributed by atoms with Gasteiger partial charge in [0.15, 0.2) is 0 Å². The second kappa shape index (κ2) is 4.55. The Labute approximate surface area is 69.1 Å². The van der Waals surface area contributed by atoms with Crippen LogP contribution in [0.4, 0.5) is 0 Å². The quantitative estimate of drug-likeness (QED) is 0.606. The number of allylic oxidation sites excluding steroid dienone is 2. The molecule has 1 aliphatic carbocycles. The number of aliphatic hydroxyl groups excluding tert-OH is 1. The zero-order chi connectivity index (χ0) is 8.10. The minimum absolute atomic E-state index is 0.00291. The van der Waals surface area contributed by atoms with Gasteiger partial charge in [-0.1, -0.05) is 12.2 Å². The van der Waals surface area contributed by atoms with Gasteiger partial charge in [-0.2, -0.15) is 0 Å². The SMILES string of the molecule is CC=CCC1CCC(O)CC1. The molecular formula is C10H18O. The highest BCUT2D eigenvalue weighted by molar-refractivity contribution is 4.82. The van der Waals surface area contributed by atoms with E-state index in [2.05, 4.69) is 19.1 Å². The molecule has 1 saturated carbocycles. The number of hydrogen-bond acceptors (Lipinski definition) is 1. The first-order valence-electron chi connectivity index (χ1n) is 4.62. The molecule has 0 bridgehead atoms. The van der Waals surface area contributed by atoms with Gasteiger partial charge in [0.25, 0.3) is 0 Å². The van der Waals surface area contributed by atoms with Gasteiger partial charge in [0, 0.05) is 0 Å². The average molecular weight is 154 g/mol. The maximum Gasteiger partial charge on any atom is 0.0540 e. The molecule has 0 unspecified atom stereocenters. The van der Waals surface area contributed by atoms with Gasteiger partial charge in [-0.3, -0.25) is 0 Å². The van der Waals surface area contributed by atoms with Gasteiger partial charge in [0.05, 0.1) is 6.10 Å². The van der Waals surface area contributed by atoms with Crippen molar-refractivity contribution in [3.63, 3.8) is 0 Å². The molecule has 1 fully saturated rings. The van der Waals surface area contributed by atoms with Crippen LogP contribution in [-0.2, 0) is 0 Å². The molecule has 0 heterocycles. The van der Waals surface area contributed by atoms with Gasteiger partial charge in [-0.05, 0) is 44.9 Å². The highest BCUT2D eigenvalue weighted by Crippen LogP contribution is 2.26. The normalized spacial score (nSPS) is 32.9. The van der Waals surface area contributed by atoms with E-state index >= 15 is 0 Å². The number of aliphatic hydroxyl groups is 1. The Balaban J connectivity index is 2.17. The summed E-state index contributed by atoms with van der Waals surface area (Å²) >= 11 is 0. The molecule has 0 amide bonds. The smallest absolute Gasteiger partial charge is 0.0540 e. The molecule has 1 aliphatic rings. The molecule has 1 heteroatoms. The molecule has 0 atom stereocenters. The second-order valence-electron chi connectivity index (χ2n) is 3.48. The van der Waals surface area contributed by atoms with Crippen LogP contribution in [0.2, 0.25) is 0 Å². The molecule has 11 heavy (non-hydrogen) atoms. The Hall–Kier alpha value is -0.300. The first kappa shape index (κ1) is 8.79. The van der Waals surface area contributed by atoms with Crippen molar-refractivity contribution in [3.8, 4) is 0 Å². The standard InChI is InChI=1S/C10H18O/c1-2-3-4-9-5-7-10(11)8-6-9/h2-3,9-11H,4-8H2,1H3. The lowest BCUT2D eigenvalue weighted by Gasteiger charge is -2.24. The van der Waals surface area contributed by atoms with E-state index in [1.165, 1.54) is 19.3 Å². The molecule has 1 nitrogen and oxygen atoms in total. The predicted molar refractivity (Wildman–Crippen MR) is 47.4 cm³/mol. The fraction of sp³-hybridized carbons (Fsp3) is 0.800. The molecule has 0 radical (unpaired) electrons. The average Bonchev–Trinajstić information content (AvgIpc) is 2.04. The molecule has 0 aromatic carbocycles. The summed E-state index contributed by atoms with van der Waals surface area (Å²) in [6.07, 6.45) is 10.0. The van der Waals surface area contributed by atoms with Crippen LogP contribution in [-0.4, -0.2) is 11.2 Å². The number of hydrogen-bond donors (Lipinski definition) is 1. The zero-order valence-corrected chi connectivity index (χ0v) is 7.29. The topological polar surface area (TPSA) is 20.2 Å². The summed E-state index contributed by atoms with van der Waals surface area (Å²) in [4.78, 5) is 0. The van der Waals surface area contributed by atoms with Crippen LogP contribution in [0.25, 0.3) is 0 Å². The van der Waals surface area contributed by atoms with Crippen LogP contribution in [0.15, 0.2) is 12.2 Å². The van der Waals surface area contributed by atoms with E-state index in [0.717, 1.165) is 18.8 Å². The van der Waals surface area contributed by atoms with Gasteiger partial charge < -0.3 is 5.11 Å². The van der Waals surface area contributed by atoms with Crippen LogP contribution in [0.3, 0.4) is 0 Å². The van der Waals surface area contributed by atoms with Crippen molar-refractivity contribution in [2.24, 2.45) is 5.92 Å².